The molecule has 2 heterocycles. The molecule has 1 aliphatic heterocycles. The Kier molecular flexibility index (Phi) is 4.90. The van der Waals surface area contributed by atoms with E-state index in [0.717, 1.165) is 0 Å². The van der Waals surface area contributed by atoms with Crippen LogP contribution in [0.15, 0.2) is 35.0 Å². The van der Waals surface area contributed by atoms with Crippen molar-refractivity contribution in [1.82, 2.24) is 9.80 Å². The summed E-state index contributed by atoms with van der Waals surface area (Å²) in [7, 11) is 0. The molecule has 1 aromatic carbocycles. The van der Waals surface area contributed by atoms with Gasteiger partial charge in [-0.15, -0.1) is 0 Å². The lowest BCUT2D eigenvalue weighted by Gasteiger charge is -2.34. The van der Waals surface area contributed by atoms with Crippen LogP contribution in [0, 0.1) is 0 Å². The van der Waals surface area contributed by atoms with Crippen molar-refractivity contribution in [3.05, 3.63) is 56.2 Å². The minimum absolute atomic E-state index is 0.0177. The van der Waals surface area contributed by atoms with E-state index >= 15 is 0 Å². The summed E-state index contributed by atoms with van der Waals surface area (Å²) < 4.78 is 0. The summed E-state index contributed by atoms with van der Waals surface area (Å²) in [6.45, 7) is 2.04. The molecule has 0 spiro atoms. The molecule has 3 rings (SSSR count). The van der Waals surface area contributed by atoms with Gasteiger partial charge in [-0.05, 0) is 29.6 Å². The van der Waals surface area contributed by atoms with E-state index in [0.29, 0.717) is 47.4 Å². The first-order chi connectivity index (χ1) is 11.0. The molecule has 2 aromatic rings. The Balaban J connectivity index is 1.64. The summed E-state index contributed by atoms with van der Waals surface area (Å²) in [5.74, 6) is -0.0961. The normalized spacial score (nSPS) is 14.9. The molecule has 120 valence electrons. The number of amides is 2. The van der Waals surface area contributed by atoms with Crippen LogP contribution in [-0.2, 0) is 0 Å². The highest BCUT2D eigenvalue weighted by atomic mass is 35.5. The van der Waals surface area contributed by atoms with Crippen LogP contribution in [0.5, 0.6) is 0 Å². The third-order valence-electron chi connectivity index (χ3n) is 3.73. The van der Waals surface area contributed by atoms with Crippen molar-refractivity contribution < 1.29 is 9.59 Å². The van der Waals surface area contributed by atoms with Crippen LogP contribution in [0.1, 0.15) is 20.7 Å². The first-order valence-electron chi connectivity index (χ1n) is 7.11. The maximum absolute atomic E-state index is 12.5. The lowest BCUT2D eigenvalue weighted by Crippen LogP contribution is -2.50. The number of nitrogens with zero attached hydrogens (tertiary/aromatic N) is 2. The SMILES string of the molecule is O=C(c1ccsc1)N1CCN(C(=O)c2cc(Cl)cc(Cl)c2)CC1. The van der Waals surface area contributed by atoms with E-state index < -0.39 is 0 Å². The second-order valence-corrected chi connectivity index (χ2v) is 6.91. The zero-order valence-corrected chi connectivity index (χ0v) is 14.5. The van der Waals surface area contributed by atoms with Gasteiger partial charge in [0.05, 0.1) is 5.56 Å². The fraction of sp³-hybridized carbons (Fsp3) is 0.250. The third-order valence-corrected chi connectivity index (χ3v) is 4.85. The average Bonchev–Trinajstić information content (AvgIpc) is 3.07. The van der Waals surface area contributed by atoms with Crippen molar-refractivity contribution in [3.8, 4) is 0 Å². The van der Waals surface area contributed by atoms with Crippen molar-refractivity contribution in [2.75, 3.05) is 26.2 Å². The van der Waals surface area contributed by atoms with E-state index in [9.17, 15) is 9.59 Å². The van der Waals surface area contributed by atoms with Gasteiger partial charge in [0.2, 0.25) is 0 Å². The number of hydrogen-bond acceptors (Lipinski definition) is 3. The van der Waals surface area contributed by atoms with Gasteiger partial charge >= 0.3 is 0 Å². The monoisotopic (exact) mass is 368 g/mol. The van der Waals surface area contributed by atoms with Crippen LogP contribution < -0.4 is 0 Å². The number of carbonyl (C=O) groups excluding carboxylic acids is 2. The summed E-state index contributed by atoms with van der Waals surface area (Å²) >= 11 is 13.4. The van der Waals surface area contributed by atoms with Gasteiger partial charge in [-0.1, -0.05) is 23.2 Å². The lowest BCUT2D eigenvalue weighted by atomic mass is 10.1. The van der Waals surface area contributed by atoms with Crippen LogP contribution in [0.25, 0.3) is 0 Å². The van der Waals surface area contributed by atoms with Crippen LogP contribution in [-0.4, -0.2) is 47.8 Å². The zero-order valence-electron chi connectivity index (χ0n) is 12.2. The molecule has 1 fully saturated rings. The zero-order chi connectivity index (χ0) is 16.4. The van der Waals surface area contributed by atoms with E-state index in [2.05, 4.69) is 0 Å². The summed E-state index contributed by atoms with van der Waals surface area (Å²) in [5.41, 5.74) is 1.18. The third kappa shape index (κ3) is 3.68. The second kappa shape index (κ2) is 6.91. The Hall–Kier alpha value is -1.56. The van der Waals surface area contributed by atoms with Crippen LogP contribution >= 0.6 is 34.5 Å². The van der Waals surface area contributed by atoms with Gasteiger partial charge in [-0.25, -0.2) is 0 Å². The number of halogens is 2. The topological polar surface area (TPSA) is 40.6 Å². The molecule has 0 atom stereocenters. The number of carbonyl (C=O) groups is 2. The second-order valence-electron chi connectivity index (χ2n) is 5.25. The van der Waals surface area contributed by atoms with E-state index in [1.54, 1.807) is 28.0 Å². The molecule has 1 saturated heterocycles. The number of hydrogen-bond donors (Lipinski definition) is 0. The van der Waals surface area contributed by atoms with E-state index in [1.807, 2.05) is 16.8 Å². The van der Waals surface area contributed by atoms with Gasteiger partial charge in [-0.3, -0.25) is 9.59 Å². The molecule has 1 aliphatic rings. The van der Waals surface area contributed by atoms with Gasteiger partial charge in [0, 0.05) is 47.2 Å². The predicted molar refractivity (Wildman–Crippen MR) is 92.6 cm³/mol. The maximum atomic E-state index is 12.5. The van der Waals surface area contributed by atoms with Crippen LogP contribution in [0.4, 0.5) is 0 Å². The highest BCUT2D eigenvalue weighted by Gasteiger charge is 2.25. The Morgan fingerprint density at radius 1 is 0.870 bits per heavy atom. The Morgan fingerprint density at radius 2 is 1.39 bits per heavy atom. The Morgan fingerprint density at radius 3 is 1.87 bits per heavy atom. The molecule has 2 amide bonds. The van der Waals surface area contributed by atoms with Gasteiger partial charge in [-0.2, -0.15) is 11.3 Å². The first-order valence-corrected chi connectivity index (χ1v) is 8.81. The number of rotatable bonds is 2. The van der Waals surface area contributed by atoms with Gasteiger partial charge in [0.1, 0.15) is 0 Å². The highest BCUT2D eigenvalue weighted by molar-refractivity contribution is 7.08. The van der Waals surface area contributed by atoms with Crippen molar-refractivity contribution in [3.63, 3.8) is 0 Å². The molecular weight excluding hydrogens is 355 g/mol. The predicted octanol–water partition coefficient (Wildman–Crippen LogP) is 3.65. The first kappa shape index (κ1) is 16.3. The molecule has 7 heteroatoms. The lowest BCUT2D eigenvalue weighted by molar-refractivity contribution is 0.0536. The molecule has 1 aromatic heterocycles. The summed E-state index contributed by atoms with van der Waals surface area (Å²) in [5, 5.41) is 4.60. The minimum Gasteiger partial charge on any atom is -0.335 e. The van der Waals surface area contributed by atoms with Gasteiger partial charge in [0.15, 0.2) is 0 Å². The largest absolute Gasteiger partial charge is 0.335 e. The molecule has 0 N–H and O–H groups in total. The molecule has 0 bridgehead atoms. The molecule has 0 saturated carbocycles. The van der Waals surface area contributed by atoms with E-state index in [1.165, 1.54) is 11.3 Å². The molecule has 0 unspecified atom stereocenters. The van der Waals surface area contributed by atoms with Crippen LogP contribution in [0.3, 0.4) is 0 Å². The van der Waals surface area contributed by atoms with E-state index in [4.69, 9.17) is 23.2 Å². The summed E-state index contributed by atoms with van der Waals surface area (Å²) in [4.78, 5) is 28.3. The highest BCUT2D eigenvalue weighted by Crippen LogP contribution is 2.21. The number of thiophene rings is 1. The van der Waals surface area contributed by atoms with Gasteiger partial charge in [0.25, 0.3) is 11.8 Å². The molecule has 4 nitrogen and oxygen atoms in total. The van der Waals surface area contributed by atoms with Crippen molar-refractivity contribution >= 4 is 46.4 Å². The Labute approximate surface area is 148 Å². The summed E-state index contributed by atoms with van der Waals surface area (Å²) in [6, 6.07) is 6.63. The summed E-state index contributed by atoms with van der Waals surface area (Å²) in [6.07, 6.45) is 0. The van der Waals surface area contributed by atoms with Crippen molar-refractivity contribution in [2.24, 2.45) is 0 Å². The smallest absolute Gasteiger partial charge is 0.254 e. The maximum Gasteiger partial charge on any atom is 0.254 e. The van der Waals surface area contributed by atoms with Crippen LogP contribution in [0.2, 0.25) is 10.0 Å². The standard InChI is InChI=1S/C16H14Cl2N2O2S/c17-13-7-12(8-14(18)9-13)16(22)20-4-2-19(3-5-20)15(21)11-1-6-23-10-11/h1,6-10H,2-5H2. The van der Waals surface area contributed by atoms with Gasteiger partial charge < -0.3 is 9.80 Å². The molecule has 0 radical (unpaired) electrons. The fourth-order valence-electron chi connectivity index (χ4n) is 2.54. The quantitative estimate of drug-likeness (QED) is 0.811. The fourth-order valence-corrected chi connectivity index (χ4v) is 3.70. The van der Waals surface area contributed by atoms with Crippen molar-refractivity contribution in [2.45, 2.75) is 0 Å². The molecular formula is C16H14Cl2N2O2S. The number of piperazine rings is 1. The number of benzene rings is 1. The Bertz CT molecular complexity index is 705. The molecule has 23 heavy (non-hydrogen) atoms. The van der Waals surface area contributed by atoms with Crippen molar-refractivity contribution in [1.29, 1.82) is 0 Å². The average molecular weight is 369 g/mol. The minimum atomic E-state index is -0.114. The van der Waals surface area contributed by atoms with E-state index in [-0.39, 0.29) is 11.8 Å². The molecule has 0 aliphatic carbocycles.